The number of rotatable bonds is 4. The van der Waals surface area contributed by atoms with Gasteiger partial charge in [-0.05, 0) is 13.8 Å². The second-order valence-electron chi connectivity index (χ2n) is 3.58. The summed E-state index contributed by atoms with van der Waals surface area (Å²) in [5, 5.41) is 0. The molecule has 5 nitrogen and oxygen atoms in total. The Balaban J connectivity index is 4.87. The number of alkyl halides is 3. The molecule has 0 fully saturated rings. The minimum Gasteiger partial charge on any atom is -0.460 e. The fourth-order valence-corrected chi connectivity index (χ4v) is 0.918. The molecule has 0 unspecified atom stereocenters. The van der Waals surface area contributed by atoms with Crippen molar-refractivity contribution in [2.24, 2.45) is 5.73 Å². The predicted molar refractivity (Wildman–Crippen MR) is 50.8 cm³/mol. The number of halogens is 3. The molecule has 0 heterocycles. The molecule has 0 saturated carbocycles. The van der Waals surface area contributed by atoms with Crippen LogP contribution in [0.15, 0.2) is 0 Å². The highest BCUT2D eigenvalue weighted by atomic mass is 19.4. The molecule has 0 aromatic heterocycles. The molecular weight excluding hydrogens is 243 g/mol. The van der Waals surface area contributed by atoms with Crippen LogP contribution in [0.2, 0.25) is 0 Å². The highest BCUT2D eigenvalue weighted by molar-refractivity contribution is 5.79. The average Bonchev–Trinajstić information content (AvgIpc) is 2.09. The summed E-state index contributed by atoms with van der Waals surface area (Å²) in [7, 11) is 0. The molecule has 0 radical (unpaired) electrons. The lowest BCUT2D eigenvalue weighted by Crippen LogP contribution is -2.53. The van der Waals surface area contributed by atoms with E-state index >= 15 is 0 Å². The fraction of sp³-hybridized carbons (Fsp3) is 0.778. The van der Waals surface area contributed by atoms with Crippen LogP contribution in [-0.4, -0.2) is 36.4 Å². The van der Waals surface area contributed by atoms with Crippen LogP contribution in [0.1, 0.15) is 20.8 Å². The fourth-order valence-electron chi connectivity index (χ4n) is 0.918. The molecule has 0 saturated heterocycles. The molecule has 0 aliphatic carbocycles. The van der Waals surface area contributed by atoms with E-state index in [4.69, 9.17) is 5.73 Å². The van der Waals surface area contributed by atoms with Gasteiger partial charge >= 0.3 is 18.1 Å². The van der Waals surface area contributed by atoms with E-state index in [0.29, 0.717) is 0 Å². The number of hydrogen-bond donors (Lipinski definition) is 1. The van der Waals surface area contributed by atoms with Gasteiger partial charge in [-0.15, -0.1) is 0 Å². The predicted octanol–water partition coefficient (Wildman–Crippen LogP) is 0.759. The molecule has 0 amide bonds. The SMILES string of the molecule is CC(=O)O[C@@H](C(=O)OC(C)C)[C@@H](N)C(F)(F)F. The monoisotopic (exact) mass is 257 g/mol. The summed E-state index contributed by atoms with van der Waals surface area (Å²) >= 11 is 0. The summed E-state index contributed by atoms with van der Waals surface area (Å²) in [6.07, 6.45) is -7.69. The molecule has 0 aliphatic heterocycles. The van der Waals surface area contributed by atoms with Crippen LogP contribution in [-0.2, 0) is 19.1 Å². The van der Waals surface area contributed by atoms with Crippen molar-refractivity contribution in [3.8, 4) is 0 Å². The third kappa shape index (κ3) is 5.53. The van der Waals surface area contributed by atoms with E-state index < -0.39 is 36.4 Å². The van der Waals surface area contributed by atoms with Gasteiger partial charge in [-0.2, -0.15) is 13.2 Å². The van der Waals surface area contributed by atoms with E-state index in [1.165, 1.54) is 13.8 Å². The first kappa shape index (κ1) is 15.7. The first-order chi connectivity index (χ1) is 7.55. The van der Waals surface area contributed by atoms with Crippen molar-refractivity contribution in [3.05, 3.63) is 0 Å². The molecule has 0 aromatic carbocycles. The topological polar surface area (TPSA) is 78.6 Å². The molecule has 0 aromatic rings. The van der Waals surface area contributed by atoms with Gasteiger partial charge in [0.15, 0.2) is 0 Å². The number of ether oxygens (including phenoxy) is 2. The Morgan fingerprint density at radius 2 is 1.65 bits per heavy atom. The third-order valence-electron chi connectivity index (χ3n) is 1.58. The lowest BCUT2D eigenvalue weighted by molar-refractivity contribution is -0.197. The summed E-state index contributed by atoms with van der Waals surface area (Å²) in [6.45, 7) is 3.77. The Morgan fingerprint density at radius 1 is 1.18 bits per heavy atom. The molecule has 8 heteroatoms. The first-order valence-corrected chi connectivity index (χ1v) is 4.75. The molecule has 0 bridgehead atoms. The zero-order chi connectivity index (χ0) is 13.8. The van der Waals surface area contributed by atoms with E-state index in [1.807, 2.05) is 0 Å². The summed E-state index contributed by atoms with van der Waals surface area (Å²) in [4.78, 5) is 21.9. The third-order valence-corrected chi connectivity index (χ3v) is 1.58. The second kappa shape index (κ2) is 5.85. The second-order valence-corrected chi connectivity index (χ2v) is 3.58. The average molecular weight is 257 g/mol. The van der Waals surface area contributed by atoms with Crippen molar-refractivity contribution in [1.29, 1.82) is 0 Å². The number of nitrogens with two attached hydrogens (primary N) is 1. The Morgan fingerprint density at radius 3 is 1.94 bits per heavy atom. The number of esters is 2. The normalized spacial score (nSPS) is 15.3. The smallest absolute Gasteiger partial charge is 0.407 e. The van der Waals surface area contributed by atoms with E-state index in [1.54, 1.807) is 0 Å². The number of carbonyl (C=O) groups excluding carboxylic acids is 2. The van der Waals surface area contributed by atoms with Gasteiger partial charge in [0, 0.05) is 6.92 Å². The van der Waals surface area contributed by atoms with E-state index in [2.05, 4.69) is 9.47 Å². The van der Waals surface area contributed by atoms with E-state index in [0.717, 1.165) is 6.92 Å². The van der Waals surface area contributed by atoms with Gasteiger partial charge in [-0.3, -0.25) is 4.79 Å². The van der Waals surface area contributed by atoms with Crippen molar-refractivity contribution in [2.75, 3.05) is 0 Å². The summed E-state index contributed by atoms with van der Waals surface area (Å²) in [5.74, 6) is -2.37. The zero-order valence-corrected chi connectivity index (χ0v) is 9.58. The van der Waals surface area contributed by atoms with Crippen LogP contribution < -0.4 is 5.73 Å². The molecule has 0 aliphatic rings. The van der Waals surface area contributed by atoms with Crippen molar-refractivity contribution < 1.29 is 32.2 Å². The maximum absolute atomic E-state index is 12.3. The number of carbonyl (C=O) groups is 2. The van der Waals surface area contributed by atoms with Crippen LogP contribution >= 0.6 is 0 Å². The standard InChI is InChI=1S/C9H14F3NO4/c1-4(2)16-8(15)6(17-5(3)14)7(13)9(10,11)12/h4,6-7H,13H2,1-3H3/t6-,7-/m1/s1. The Hall–Kier alpha value is -1.31. The van der Waals surface area contributed by atoms with E-state index in [9.17, 15) is 22.8 Å². The van der Waals surface area contributed by atoms with Gasteiger partial charge in [-0.1, -0.05) is 0 Å². The minimum atomic E-state index is -4.86. The first-order valence-electron chi connectivity index (χ1n) is 4.75. The lowest BCUT2D eigenvalue weighted by Gasteiger charge is -2.24. The molecule has 2 atom stereocenters. The van der Waals surface area contributed by atoms with Crippen LogP contribution in [0.3, 0.4) is 0 Å². The Labute approximate surface area is 96.0 Å². The van der Waals surface area contributed by atoms with Gasteiger partial charge in [0.1, 0.15) is 6.04 Å². The van der Waals surface area contributed by atoms with Crippen LogP contribution in [0.5, 0.6) is 0 Å². The molecule has 0 rings (SSSR count). The summed E-state index contributed by atoms with van der Waals surface area (Å²) in [6, 6.07) is -2.61. The largest absolute Gasteiger partial charge is 0.460 e. The van der Waals surface area contributed by atoms with Gasteiger partial charge in [0.05, 0.1) is 6.10 Å². The van der Waals surface area contributed by atoms with Gasteiger partial charge < -0.3 is 15.2 Å². The van der Waals surface area contributed by atoms with Crippen molar-refractivity contribution >= 4 is 11.9 Å². The Bertz CT molecular complexity index is 290. The van der Waals surface area contributed by atoms with Crippen LogP contribution in [0, 0.1) is 0 Å². The highest BCUT2D eigenvalue weighted by Crippen LogP contribution is 2.23. The summed E-state index contributed by atoms with van der Waals surface area (Å²) < 4.78 is 45.7. The molecule has 100 valence electrons. The van der Waals surface area contributed by atoms with Gasteiger partial charge in [0.25, 0.3) is 0 Å². The van der Waals surface area contributed by atoms with Crippen molar-refractivity contribution in [3.63, 3.8) is 0 Å². The van der Waals surface area contributed by atoms with Crippen molar-refractivity contribution in [2.45, 2.75) is 45.2 Å². The van der Waals surface area contributed by atoms with E-state index in [-0.39, 0.29) is 0 Å². The minimum absolute atomic E-state index is 0.638. The lowest BCUT2D eigenvalue weighted by atomic mass is 10.1. The zero-order valence-electron chi connectivity index (χ0n) is 9.58. The van der Waals surface area contributed by atoms with Crippen molar-refractivity contribution in [1.82, 2.24) is 0 Å². The molecule has 0 spiro atoms. The Kier molecular flexibility index (Phi) is 5.40. The molecule has 17 heavy (non-hydrogen) atoms. The van der Waals surface area contributed by atoms with Gasteiger partial charge in [0.2, 0.25) is 6.10 Å². The molecule has 2 N–H and O–H groups in total. The highest BCUT2D eigenvalue weighted by Gasteiger charge is 2.48. The number of hydrogen-bond acceptors (Lipinski definition) is 5. The molecular formula is C9H14F3NO4. The quantitative estimate of drug-likeness (QED) is 0.752. The van der Waals surface area contributed by atoms with Crippen LogP contribution in [0.25, 0.3) is 0 Å². The maximum atomic E-state index is 12.3. The maximum Gasteiger partial charge on any atom is 0.407 e. The summed E-state index contributed by atoms with van der Waals surface area (Å²) in [5.41, 5.74) is 4.82. The van der Waals surface area contributed by atoms with Gasteiger partial charge in [-0.25, -0.2) is 4.79 Å². The van der Waals surface area contributed by atoms with Crippen LogP contribution in [0.4, 0.5) is 13.2 Å².